The minimum atomic E-state index is -0.0890. The van der Waals surface area contributed by atoms with E-state index in [-0.39, 0.29) is 5.56 Å². The van der Waals surface area contributed by atoms with Gasteiger partial charge in [0.05, 0.1) is 11.9 Å². The molecular formula is C13H8N4OS. The third-order valence-electron chi connectivity index (χ3n) is 3.04. The molecule has 0 fully saturated rings. The molecule has 0 spiro atoms. The zero-order valence-electron chi connectivity index (χ0n) is 9.70. The number of thiazole rings is 1. The van der Waals surface area contributed by atoms with Crippen LogP contribution in [0.3, 0.4) is 0 Å². The molecule has 6 heteroatoms. The summed E-state index contributed by atoms with van der Waals surface area (Å²) in [6.07, 6.45) is 1.52. The van der Waals surface area contributed by atoms with Gasteiger partial charge in [0.25, 0.3) is 5.56 Å². The number of hydrogen-bond donors (Lipinski definition) is 1. The van der Waals surface area contributed by atoms with E-state index in [1.54, 1.807) is 4.40 Å². The molecule has 19 heavy (non-hydrogen) atoms. The number of H-pyrrole nitrogens is 1. The van der Waals surface area contributed by atoms with Gasteiger partial charge in [-0.3, -0.25) is 14.3 Å². The van der Waals surface area contributed by atoms with E-state index in [1.807, 2.05) is 35.7 Å². The Labute approximate surface area is 111 Å². The van der Waals surface area contributed by atoms with Crippen LogP contribution in [0.15, 0.2) is 46.7 Å². The van der Waals surface area contributed by atoms with Crippen LogP contribution < -0.4 is 5.56 Å². The molecule has 0 radical (unpaired) electrons. The number of nitrogens with one attached hydrogen (secondary N) is 1. The molecule has 0 saturated carbocycles. The lowest BCUT2D eigenvalue weighted by atomic mass is 10.2. The summed E-state index contributed by atoms with van der Waals surface area (Å²) in [6.45, 7) is 0. The van der Waals surface area contributed by atoms with Crippen LogP contribution in [0.2, 0.25) is 0 Å². The van der Waals surface area contributed by atoms with Crippen molar-refractivity contribution in [2.45, 2.75) is 0 Å². The molecule has 5 nitrogen and oxygen atoms in total. The first-order chi connectivity index (χ1) is 9.34. The highest BCUT2D eigenvalue weighted by Crippen LogP contribution is 2.24. The molecule has 0 aliphatic rings. The van der Waals surface area contributed by atoms with Gasteiger partial charge in [-0.1, -0.05) is 30.3 Å². The molecule has 0 bridgehead atoms. The van der Waals surface area contributed by atoms with Crippen molar-refractivity contribution >= 4 is 27.3 Å². The maximum Gasteiger partial charge on any atom is 0.270 e. The summed E-state index contributed by atoms with van der Waals surface area (Å²) < 4.78 is 1.64. The molecule has 1 N–H and O–H groups in total. The molecule has 0 amide bonds. The van der Waals surface area contributed by atoms with Crippen LogP contribution in [0.25, 0.3) is 27.3 Å². The topological polar surface area (TPSA) is 63.0 Å². The van der Waals surface area contributed by atoms with Gasteiger partial charge in [-0.2, -0.15) is 5.10 Å². The van der Waals surface area contributed by atoms with Crippen LogP contribution >= 0.6 is 11.3 Å². The molecule has 0 unspecified atom stereocenters. The second kappa shape index (κ2) is 3.76. The van der Waals surface area contributed by atoms with Crippen LogP contribution in [-0.4, -0.2) is 19.6 Å². The second-order valence-corrected chi connectivity index (χ2v) is 4.99. The fourth-order valence-corrected chi connectivity index (χ4v) is 3.02. The number of hydrogen-bond acceptors (Lipinski definition) is 4. The monoisotopic (exact) mass is 268 g/mol. The smallest absolute Gasteiger partial charge is 0.268 e. The Morgan fingerprint density at radius 1 is 1.21 bits per heavy atom. The van der Waals surface area contributed by atoms with Crippen LogP contribution in [0.1, 0.15) is 0 Å². The summed E-state index contributed by atoms with van der Waals surface area (Å²) in [6, 6.07) is 9.82. The molecule has 3 heterocycles. The molecule has 4 aromatic rings. The van der Waals surface area contributed by atoms with Gasteiger partial charge in [-0.25, -0.2) is 4.98 Å². The molecule has 4 rings (SSSR count). The Morgan fingerprint density at radius 3 is 2.89 bits per heavy atom. The van der Waals surface area contributed by atoms with Crippen LogP contribution in [0.4, 0.5) is 0 Å². The predicted molar refractivity (Wildman–Crippen MR) is 74.4 cm³/mol. The summed E-state index contributed by atoms with van der Waals surface area (Å²) in [5.74, 6) is 0. The highest BCUT2D eigenvalue weighted by atomic mass is 32.1. The molecule has 0 aliphatic carbocycles. The predicted octanol–water partition coefficient (Wildman–Crippen LogP) is 2.30. The van der Waals surface area contributed by atoms with Gasteiger partial charge >= 0.3 is 0 Å². The molecule has 0 atom stereocenters. The Kier molecular flexibility index (Phi) is 2.07. The Balaban J connectivity index is 2.16. The minimum Gasteiger partial charge on any atom is -0.268 e. The highest BCUT2D eigenvalue weighted by molar-refractivity contribution is 7.15. The van der Waals surface area contributed by atoms with Crippen molar-refractivity contribution in [1.82, 2.24) is 19.6 Å². The largest absolute Gasteiger partial charge is 0.270 e. The lowest BCUT2D eigenvalue weighted by molar-refractivity contribution is 1.09. The number of nitrogens with zero attached hydrogens (tertiary/aromatic N) is 3. The summed E-state index contributed by atoms with van der Waals surface area (Å²) >= 11 is 1.45. The van der Waals surface area contributed by atoms with E-state index in [0.717, 1.165) is 11.3 Å². The van der Waals surface area contributed by atoms with Gasteiger partial charge in [0.1, 0.15) is 5.39 Å². The van der Waals surface area contributed by atoms with Gasteiger partial charge in [0, 0.05) is 5.38 Å². The third-order valence-corrected chi connectivity index (χ3v) is 3.86. The maximum atomic E-state index is 12.5. The Morgan fingerprint density at radius 2 is 2.05 bits per heavy atom. The molecular weight excluding hydrogens is 260 g/mol. The molecule has 0 aliphatic heterocycles. The first-order valence-corrected chi connectivity index (χ1v) is 6.61. The van der Waals surface area contributed by atoms with E-state index >= 15 is 0 Å². The van der Waals surface area contributed by atoms with Crippen LogP contribution in [0, 0.1) is 0 Å². The quantitative estimate of drug-likeness (QED) is 0.576. The van der Waals surface area contributed by atoms with E-state index in [2.05, 4.69) is 15.2 Å². The minimum absolute atomic E-state index is 0.0890. The van der Waals surface area contributed by atoms with Gasteiger partial charge in [0.15, 0.2) is 10.6 Å². The number of benzene rings is 1. The van der Waals surface area contributed by atoms with Crippen LogP contribution in [-0.2, 0) is 0 Å². The van der Waals surface area contributed by atoms with Crippen LogP contribution in [0.5, 0.6) is 0 Å². The molecule has 1 aromatic carbocycles. The first kappa shape index (κ1) is 10.5. The average Bonchev–Trinajstić information content (AvgIpc) is 3.06. The zero-order chi connectivity index (χ0) is 12.8. The summed E-state index contributed by atoms with van der Waals surface area (Å²) in [4.78, 5) is 17.5. The molecule has 3 aromatic heterocycles. The van der Waals surface area contributed by atoms with Crippen molar-refractivity contribution in [3.63, 3.8) is 0 Å². The van der Waals surface area contributed by atoms with Crippen molar-refractivity contribution in [3.8, 4) is 11.3 Å². The fourth-order valence-electron chi connectivity index (χ4n) is 2.13. The third kappa shape index (κ3) is 1.43. The number of aromatic amines is 1. The first-order valence-electron chi connectivity index (χ1n) is 5.73. The van der Waals surface area contributed by atoms with Crippen molar-refractivity contribution in [1.29, 1.82) is 0 Å². The summed E-state index contributed by atoms with van der Waals surface area (Å²) in [5.41, 5.74) is 2.31. The molecule has 92 valence electrons. The van der Waals surface area contributed by atoms with Gasteiger partial charge in [-0.15, -0.1) is 11.3 Å². The number of rotatable bonds is 1. The van der Waals surface area contributed by atoms with E-state index in [1.165, 1.54) is 17.5 Å². The average molecular weight is 268 g/mol. The highest BCUT2D eigenvalue weighted by Gasteiger charge is 2.12. The van der Waals surface area contributed by atoms with E-state index in [4.69, 9.17) is 0 Å². The normalized spacial score (nSPS) is 11.4. The van der Waals surface area contributed by atoms with E-state index in [9.17, 15) is 4.79 Å². The van der Waals surface area contributed by atoms with E-state index < -0.39 is 0 Å². The van der Waals surface area contributed by atoms with Gasteiger partial charge in [0.2, 0.25) is 0 Å². The van der Waals surface area contributed by atoms with Gasteiger partial charge in [-0.05, 0) is 5.56 Å². The zero-order valence-corrected chi connectivity index (χ0v) is 10.5. The van der Waals surface area contributed by atoms with Crippen molar-refractivity contribution in [2.24, 2.45) is 0 Å². The van der Waals surface area contributed by atoms with Crippen molar-refractivity contribution in [2.75, 3.05) is 0 Å². The summed E-state index contributed by atoms with van der Waals surface area (Å²) in [7, 11) is 0. The lowest BCUT2D eigenvalue weighted by Crippen LogP contribution is -2.13. The lowest BCUT2D eigenvalue weighted by Gasteiger charge is -2.00. The fraction of sp³-hybridized carbons (Fsp3) is 0. The van der Waals surface area contributed by atoms with E-state index in [0.29, 0.717) is 16.0 Å². The van der Waals surface area contributed by atoms with Gasteiger partial charge < -0.3 is 0 Å². The number of fused-ring (bicyclic) bond motifs is 2. The molecule has 0 saturated heterocycles. The maximum absolute atomic E-state index is 12.5. The SMILES string of the molecule is O=c1c2cn[nH]c2nc2scc(-c3ccccc3)n12. The van der Waals surface area contributed by atoms with Crippen molar-refractivity contribution in [3.05, 3.63) is 52.3 Å². The summed E-state index contributed by atoms with van der Waals surface area (Å²) in [5, 5.41) is 9.06. The second-order valence-electron chi connectivity index (χ2n) is 4.15. The Bertz CT molecular complexity index is 936. The standard InChI is InChI=1S/C13H8N4OS/c18-12-9-6-14-16-11(9)15-13-17(12)10(7-19-13)8-4-2-1-3-5-8/h1-7H,(H,14,16). The Hall–Kier alpha value is -2.47. The number of aromatic nitrogens is 4. The van der Waals surface area contributed by atoms with Crippen molar-refractivity contribution < 1.29 is 0 Å².